The second-order valence-corrected chi connectivity index (χ2v) is 19.0. The molecule has 7 aromatic rings. The van der Waals surface area contributed by atoms with Crippen LogP contribution in [0.25, 0.3) is 44.3 Å². The summed E-state index contributed by atoms with van der Waals surface area (Å²) in [5, 5.41) is 1.15. The van der Waals surface area contributed by atoms with Crippen LogP contribution in [0.2, 0.25) is 0 Å². The maximum absolute atomic E-state index is 7.33. The summed E-state index contributed by atoms with van der Waals surface area (Å²) in [5.41, 5.74) is 22.8. The van der Waals surface area contributed by atoms with Crippen molar-refractivity contribution in [3.05, 3.63) is 143 Å². The van der Waals surface area contributed by atoms with E-state index in [1.54, 1.807) is 0 Å². The summed E-state index contributed by atoms with van der Waals surface area (Å²) < 4.78 is 7.33. The Hall–Kier alpha value is -5.48. The molecule has 1 fully saturated rings. The lowest BCUT2D eigenvalue weighted by Crippen LogP contribution is -2.70. The van der Waals surface area contributed by atoms with Crippen LogP contribution in [0.1, 0.15) is 88.1 Å². The van der Waals surface area contributed by atoms with Gasteiger partial charge >= 0.3 is 6.85 Å². The fourth-order valence-electron chi connectivity index (χ4n) is 11.8. The summed E-state index contributed by atoms with van der Waals surface area (Å²) in [5.74, 6) is 0. The molecule has 4 heteroatoms. The zero-order valence-electron chi connectivity index (χ0n) is 34.7. The van der Waals surface area contributed by atoms with E-state index in [0.717, 1.165) is 28.7 Å². The smallest absolute Gasteiger partial charge is 0.371 e. The predicted octanol–water partition coefficient (Wildman–Crippen LogP) is 13.0. The highest BCUT2D eigenvalue weighted by molar-refractivity contribution is 6.92. The van der Waals surface area contributed by atoms with E-state index in [-0.39, 0.29) is 23.2 Å². The van der Waals surface area contributed by atoms with E-state index >= 15 is 0 Å². The average Bonchev–Trinajstić information content (AvgIpc) is 3.67. The third-order valence-electron chi connectivity index (χ3n) is 14.6. The van der Waals surface area contributed by atoms with Gasteiger partial charge in [0.05, 0.1) is 11.4 Å². The number of hydrogen-bond acceptors (Lipinski definition) is 3. The first-order valence-electron chi connectivity index (χ1n) is 21.1. The lowest BCUT2D eigenvalue weighted by Gasteiger charge is -2.54. The minimum Gasteiger partial charge on any atom is -0.466 e. The number of para-hydroxylation sites is 2. The SMILES string of the molecule is Cc1cc(C)c(-c2cc3c4c(c2)N(c2ccc(C(C)(C)C)cc2-c2ccccc2)c2c(oc5ccccc25)B4N2c4c-3cccc4C3(C)CCCCC23C)c(C)c1. The molecule has 0 amide bonds. The van der Waals surface area contributed by atoms with E-state index in [4.69, 9.17) is 4.42 Å². The van der Waals surface area contributed by atoms with E-state index in [9.17, 15) is 0 Å². The molecule has 6 aromatic carbocycles. The summed E-state index contributed by atoms with van der Waals surface area (Å²) in [6.07, 6.45) is 4.85. The summed E-state index contributed by atoms with van der Waals surface area (Å²) >= 11 is 0. The number of fused-ring (bicyclic) bond motifs is 9. The van der Waals surface area contributed by atoms with Crippen LogP contribution in [0, 0.1) is 20.8 Å². The van der Waals surface area contributed by atoms with Gasteiger partial charge in [-0.1, -0.05) is 125 Å². The van der Waals surface area contributed by atoms with Crippen LogP contribution >= 0.6 is 0 Å². The molecule has 4 heterocycles. The summed E-state index contributed by atoms with van der Waals surface area (Å²) in [6, 6.07) is 43.9. The number of anilines is 4. The van der Waals surface area contributed by atoms with Gasteiger partial charge in [-0.25, -0.2) is 0 Å². The molecule has 3 nitrogen and oxygen atoms in total. The van der Waals surface area contributed by atoms with Crippen molar-refractivity contribution in [3.63, 3.8) is 0 Å². The molecule has 57 heavy (non-hydrogen) atoms. The lowest BCUT2D eigenvalue weighted by molar-refractivity contribution is 0.199. The third kappa shape index (κ3) is 4.62. The van der Waals surface area contributed by atoms with Crippen molar-refractivity contribution < 1.29 is 4.42 Å². The third-order valence-corrected chi connectivity index (χ3v) is 14.6. The topological polar surface area (TPSA) is 19.6 Å². The normalized spacial score (nSPS) is 20.4. The highest BCUT2D eigenvalue weighted by Gasteiger charge is 2.63. The first-order chi connectivity index (χ1) is 27.4. The first kappa shape index (κ1) is 34.7. The van der Waals surface area contributed by atoms with Gasteiger partial charge in [-0.2, -0.15) is 0 Å². The van der Waals surface area contributed by atoms with Gasteiger partial charge in [0.1, 0.15) is 11.2 Å². The van der Waals surface area contributed by atoms with Gasteiger partial charge in [-0.3, -0.25) is 0 Å². The molecule has 4 aliphatic rings. The fraction of sp³-hybridized carbons (Fsp3) is 0.283. The van der Waals surface area contributed by atoms with Gasteiger partial charge in [-0.15, -0.1) is 0 Å². The van der Waals surface area contributed by atoms with E-state index in [2.05, 4.69) is 180 Å². The van der Waals surface area contributed by atoms with E-state index < -0.39 is 0 Å². The minimum absolute atomic E-state index is 0.0125. The average molecular weight is 743 g/mol. The minimum atomic E-state index is -0.0753. The van der Waals surface area contributed by atoms with Crippen LogP contribution in [0.15, 0.2) is 120 Å². The quantitative estimate of drug-likeness (QED) is 0.168. The molecule has 2 unspecified atom stereocenters. The second kappa shape index (κ2) is 11.8. The number of hydrogen-bond donors (Lipinski definition) is 0. The number of benzene rings is 6. The van der Waals surface area contributed by atoms with Crippen LogP contribution in [0.5, 0.6) is 0 Å². The predicted molar refractivity (Wildman–Crippen MR) is 242 cm³/mol. The zero-order chi connectivity index (χ0) is 39.2. The van der Waals surface area contributed by atoms with Crippen molar-refractivity contribution in [2.75, 3.05) is 9.71 Å². The Morgan fingerprint density at radius 3 is 2.16 bits per heavy atom. The van der Waals surface area contributed by atoms with Crippen molar-refractivity contribution in [2.45, 2.75) is 97.4 Å². The highest BCUT2D eigenvalue weighted by atomic mass is 16.3. The van der Waals surface area contributed by atoms with Crippen LogP contribution < -0.4 is 20.8 Å². The molecule has 0 spiro atoms. The molecule has 1 aromatic heterocycles. The lowest BCUT2D eigenvalue weighted by atomic mass is 9.44. The molecule has 3 aliphatic heterocycles. The molecule has 1 saturated carbocycles. The maximum atomic E-state index is 7.33. The fourth-order valence-corrected chi connectivity index (χ4v) is 11.8. The molecule has 0 radical (unpaired) electrons. The standard InChI is InChI=1S/C53H51BN2O/c1-32-27-33(2)46(34(3)28-32)36-29-41-38-20-16-21-42-48(38)56(53(8)26-15-14-25-52(42,53)7)54-47(41)44(30-36)55(49-39-19-12-13-22-45(39)57-50(49)54)43-24-23-37(51(4,5)6)31-40(43)35-17-10-9-11-18-35/h9-13,16-24,27-31H,14-15,25-26H2,1-8H3. The van der Waals surface area contributed by atoms with Gasteiger partial charge in [0.2, 0.25) is 0 Å². The monoisotopic (exact) mass is 742 g/mol. The Labute approximate surface area is 338 Å². The summed E-state index contributed by atoms with van der Waals surface area (Å²) in [7, 11) is 0. The van der Waals surface area contributed by atoms with Gasteiger partial charge in [0.15, 0.2) is 0 Å². The van der Waals surface area contributed by atoms with E-state index in [0.29, 0.717) is 0 Å². The number of rotatable bonds is 3. The number of nitrogens with zero attached hydrogens (tertiary/aromatic N) is 2. The maximum Gasteiger partial charge on any atom is 0.371 e. The van der Waals surface area contributed by atoms with E-state index in [1.165, 1.54) is 103 Å². The van der Waals surface area contributed by atoms with Crippen LogP contribution in [-0.4, -0.2) is 12.4 Å². The second-order valence-electron chi connectivity index (χ2n) is 19.0. The van der Waals surface area contributed by atoms with Crippen molar-refractivity contribution in [3.8, 4) is 33.4 Å². The number of aryl methyl sites for hydroxylation is 3. The molecule has 0 N–H and O–H groups in total. The van der Waals surface area contributed by atoms with Crippen molar-refractivity contribution in [1.82, 2.24) is 0 Å². The summed E-state index contributed by atoms with van der Waals surface area (Å²) in [6.45, 7) is 18.8. The van der Waals surface area contributed by atoms with Gasteiger partial charge in [0.25, 0.3) is 0 Å². The van der Waals surface area contributed by atoms with Crippen LogP contribution in [0.4, 0.5) is 22.7 Å². The van der Waals surface area contributed by atoms with Crippen LogP contribution in [-0.2, 0) is 10.8 Å². The highest BCUT2D eigenvalue weighted by Crippen LogP contribution is 2.63. The molecule has 0 saturated heterocycles. The Morgan fingerprint density at radius 1 is 0.649 bits per heavy atom. The molecule has 1 aliphatic carbocycles. The molecular weight excluding hydrogens is 691 g/mol. The van der Waals surface area contributed by atoms with Gasteiger partial charge in [-0.05, 0) is 132 Å². The Kier molecular flexibility index (Phi) is 7.19. The molecule has 11 rings (SSSR count). The summed E-state index contributed by atoms with van der Waals surface area (Å²) in [4.78, 5) is 5.46. The molecule has 0 bridgehead atoms. The largest absolute Gasteiger partial charge is 0.466 e. The number of furan rings is 1. The zero-order valence-corrected chi connectivity index (χ0v) is 34.7. The Bertz CT molecular complexity index is 2800. The Balaban J connectivity index is 1.31. The molecule has 2 atom stereocenters. The van der Waals surface area contributed by atoms with Crippen molar-refractivity contribution in [1.29, 1.82) is 0 Å². The Morgan fingerprint density at radius 2 is 1.39 bits per heavy atom. The molecular formula is C53H51BN2O. The first-order valence-corrected chi connectivity index (χ1v) is 21.1. The van der Waals surface area contributed by atoms with Crippen LogP contribution in [0.3, 0.4) is 0 Å². The van der Waals surface area contributed by atoms with Gasteiger partial charge in [0, 0.05) is 38.8 Å². The van der Waals surface area contributed by atoms with Gasteiger partial charge < -0.3 is 14.1 Å². The van der Waals surface area contributed by atoms with Crippen molar-refractivity contribution >= 4 is 51.7 Å². The molecule has 282 valence electrons. The van der Waals surface area contributed by atoms with E-state index in [1.807, 2.05) is 0 Å². The van der Waals surface area contributed by atoms with Crippen molar-refractivity contribution in [2.24, 2.45) is 0 Å².